The van der Waals surface area contributed by atoms with Crippen molar-refractivity contribution in [1.82, 2.24) is 4.31 Å². The second kappa shape index (κ2) is 6.02. The summed E-state index contributed by atoms with van der Waals surface area (Å²) in [6.07, 6.45) is 1.96. The maximum atomic E-state index is 13.1. The number of ketones is 1. The van der Waals surface area contributed by atoms with E-state index in [1.54, 1.807) is 16.4 Å². The molecule has 126 valence electrons. The van der Waals surface area contributed by atoms with Crippen LogP contribution in [0, 0.1) is 24.7 Å². The molecule has 3 atom stereocenters. The average molecular weight is 335 g/mol. The first-order valence-corrected chi connectivity index (χ1v) is 9.85. The maximum Gasteiger partial charge on any atom is 0.243 e. The van der Waals surface area contributed by atoms with Crippen LogP contribution in [0.4, 0.5) is 0 Å². The van der Waals surface area contributed by atoms with Crippen LogP contribution in [0.1, 0.15) is 38.7 Å². The third-order valence-corrected chi connectivity index (χ3v) is 7.24. The minimum atomic E-state index is -3.50. The molecule has 2 aliphatic rings. The van der Waals surface area contributed by atoms with E-state index in [2.05, 4.69) is 13.8 Å². The molecule has 1 aromatic rings. The first-order chi connectivity index (χ1) is 10.8. The van der Waals surface area contributed by atoms with Crippen LogP contribution in [0.3, 0.4) is 0 Å². The SMILES string of the molecule is Cc1ccc(S(=O)(=O)N2C[C@@H]3CCC(=O)C[C@H]3[C@@H]2C(C)C)cc1. The molecule has 0 unspecified atom stereocenters. The van der Waals surface area contributed by atoms with E-state index >= 15 is 0 Å². The number of carbonyl (C=O) groups is 1. The van der Waals surface area contributed by atoms with E-state index < -0.39 is 10.0 Å². The Morgan fingerprint density at radius 2 is 1.83 bits per heavy atom. The predicted octanol–water partition coefficient (Wildman–Crippen LogP) is 3.01. The molecular formula is C18H25NO3S. The van der Waals surface area contributed by atoms with Gasteiger partial charge in [0.25, 0.3) is 0 Å². The minimum absolute atomic E-state index is 0.0736. The normalized spacial score (nSPS) is 29.0. The highest BCUT2D eigenvalue weighted by atomic mass is 32.2. The Balaban J connectivity index is 1.97. The zero-order valence-corrected chi connectivity index (χ0v) is 14.8. The Hall–Kier alpha value is -1.20. The topological polar surface area (TPSA) is 54.5 Å². The molecule has 5 heteroatoms. The molecule has 1 aliphatic heterocycles. The number of hydrogen-bond acceptors (Lipinski definition) is 3. The van der Waals surface area contributed by atoms with Gasteiger partial charge in [-0.25, -0.2) is 8.42 Å². The van der Waals surface area contributed by atoms with Gasteiger partial charge in [-0.15, -0.1) is 0 Å². The molecule has 0 amide bonds. The minimum Gasteiger partial charge on any atom is -0.300 e. The molecule has 23 heavy (non-hydrogen) atoms. The van der Waals surface area contributed by atoms with E-state index in [0.717, 1.165) is 12.0 Å². The van der Waals surface area contributed by atoms with Gasteiger partial charge in [-0.2, -0.15) is 4.31 Å². The van der Waals surface area contributed by atoms with Crippen molar-refractivity contribution in [3.05, 3.63) is 29.8 Å². The molecule has 0 N–H and O–H groups in total. The molecule has 0 bridgehead atoms. The number of aryl methyl sites for hydroxylation is 1. The Kier molecular flexibility index (Phi) is 4.36. The molecule has 0 spiro atoms. The van der Waals surface area contributed by atoms with Gasteiger partial charge in [0.1, 0.15) is 5.78 Å². The van der Waals surface area contributed by atoms with Crippen molar-refractivity contribution in [2.75, 3.05) is 6.54 Å². The molecule has 1 saturated heterocycles. The molecule has 1 aliphatic carbocycles. The predicted molar refractivity (Wildman–Crippen MR) is 89.5 cm³/mol. The number of hydrogen-bond donors (Lipinski definition) is 0. The van der Waals surface area contributed by atoms with Crippen molar-refractivity contribution in [2.45, 2.75) is 51.0 Å². The Morgan fingerprint density at radius 3 is 2.43 bits per heavy atom. The lowest BCUT2D eigenvalue weighted by atomic mass is 9.75. The molecule has 2 fully saturated rings. The fourth-order valence-corrected chi connectivity index (χ4v) is 6.07. The van der Waals surface area contributed by atoms with Gasteiger partial charge in [-0.1, -0.05) is 31.5 Å². The molecule has 0 radical (unpaired) electrons. The summed E-state index contributed by atoms with van der Waals surface area (Å²) in [6, 6.07) is 6.98. The van der Waals surface area contributed by atoms with E-state index in [9.17, 15) is 13.2 Å². The van der Waals surface area contributed by atoms with Gasteiger partial charge in [-0.05, 0) is 43.2 Å². The average Bonchev–Trinajstić information content (AvgIpc) is 2.87. The van der Waals surface area contributed by atoms with Crippen LogP contribution < -0.4 is 0 Å². The zero-order valence-electron chi connectivity index (χ0n) is 14.0. The van der Waals surface area contributed by atoms with Crippen molar-refractivity contribution in [2.24, 2.45) is 17.8 Å². The standard InChI is InChI=1S/C18H25NO3S/c1-12(2)18-17-10-15(20)7-6-14(17)11-19(18)23(21,22)16-8-4-13(3)5-9-16/h4-5,8-9,12,14,17-18H,6-7,10-11H2,1-3H3/t14-,17+,18-/m0/s1. The van der Waals surface area contributed by atoms with Crippen LogP contribution in [0.2, 0.25) is 0 Å². The molecule has 4 nitrogen and oxygen atoms in total. The van der Waals surface area contributed by atoms with Crippen molar-refractivity contribution >= 4 is 15.8 Å². The number of rotatable bonds is 3. The molecular weight excluding hydrogens is 310 g/mol. The van der Waals surface area contributed by atoms with Gasteiger partial charge in [0.15, 0.2) is 0 Å². The van der Waals surface area contributed by atoms with Gasteiger partial charge in [-0.3, -0.25) is 4.79 Å². The lowest BCUT2D eigenvalue weighted by Gasteiger charge is -2.32. The van der Waals surface area contributed by atoms with Crippen molar-refractivity contribution in [1.29, 1.82) is 0 Å². The largest absolute Gasteiger partial charge is 0.300 e. The van der Waals surface area contributed by atoms with E-state index in [1.807, 2.05) is 19.1 Å². The molecule has 3 rings (SSSR count). The highest BCUT2D eigenvalue weighted by Gasteiger charge is 2.50. The molecule has 1 aromatic carbocycles. The quantitative estimate of drug-likeness (QED) is 0.853. The zero-order chi connectivity index (χ0) is 16.8. The van der Waals surface area contributed by atoms with Crippen LogP contribution in [0.15, 0.2) is 29.2 Å². The van der Waals surface area contributed by atoms with Crippen LogP contribution in [0.25, 0.3) is 0 Å². The first-order valence-electron chi connectivity index (χ1n) is 8.41. The van der Waals surface area contributed by atoms with Gasteiger partial charge in [0.05, 0.1) is 4.90 Å². The Morgan fingerprint density at radius 1 is 1.17 bits per heavy atom. The smallest absolute Gasteiger partial charge is 0.243 e. The highest BCUT2D eigenvalue weighted by Crippen LogP contribution is 2.44. The van der Waals surface area contributed by atoms with Gasteiger partial charge in [0.2, 0.25) is 10.0 Å². The van der Waals surface area contributed by atoms with Crippen LogP contribution in [0.5, 0.6) is 0 Å². The number of benzene rings is 1. The summed E-state index contributed by atoms with van der Waals surface area (Å²) < 4.78 is 27.9. The van der Waals surface area contributed by atoms with E-state index in [4.69, 9.17) is 0 Å². The third kappa shape index (κ3) is 2.96. The summed E-state index contributed by atoms with van der Waals surface area (Å²) in [7, 11) is -3.50. The summed E-state index contributed by atoms with van der Waals surface area (Å²) in [4.78, 5) is 12.2. The summed E-state index contributed by atoms with van der Waals surface area (Å²) in [6.45, 7) is 6.62. The molecule has 1 heterocycles. The van der Waals surface area contributed by atoms with Gasteiger partial charge < -0.3 is 0 Å². The van der Waals surface area contributed by atoms with Crippen molar-refractivity contribution < 1.29 is 13.2 Å². The lowest BCUT2D eigenvalue weighted by molar-refractivity contribution is -0.122. The number of carbonyl (C=O) groups excluding carboxylic acids is 1. The summed E-state index contributed by atoms with van der Waals surface area (Å²) in [5, 5.41) is 0. The van der Waals surface area contributed by atoms with Crippen molar-refractivity contribution in [3.8, 4) is 0 Å². The van der Waals surface area contributed by atoms with E-state index in [0.29, 0.717) is 30.2 Å². The number of nitrogens with zero attached hydrogens (tertiary/aromatic N) is 1. The Bertz CT molecular complexity index is 693. The fourth-order valence-electron chi connectivity index (χ4n) is 4.22. The maximum absolute atomic E-state index is 13.1. The van der Waals surface area contributed by atoms with Crippen LogP contribution >= 0.6 is 0 Å². The highest BCUT2D eigenvalue weighted by molar-refractivity contribution is 7.89. The lowest BCUT2D eigenvalue weighted by Crippen LogP contribution is -2.41. The van der Waals surface area contributed by atoms with Gasteiger partial charge in [0, 0.05) is 25.4 Å². The fraction of sp³-hybridized carbons (Fsp3) is 0.611. The number of Topliss-reactive ketones (excluding diaryl/α,β-unsaturated/α-hetero) is 1. The Labute approximate surface area is 138 Å². The summed E-state index contributed by atoms with van der Waals surface area (Å²) in [5.41, 5.74) is 1.05. The summed E-state index contributed by atoms with van der Waals surface area (Å²) in [5.74, 6) is 0.986. The summed E-state index contributed by atoms with van der Waals surface area (Å²) >= 11 is 0. The molecule has 0 aromatic heterocycles. The van der Waals surface area contributed by atoms with E-state index in [-0.39, 0.29) is 23.7 Å². The second-order valence-electron chi connectivity index (χ2n) is 7.33. The monoisotopic (exact) mass is 335 g/mol. The number of fused-ring (bicyclic) bond motifs is 1. The van der Waals surface area contributed by atoms with Crippen LogP contribution in [-0.2, 0) is 14.8 Å². The van der Waals surface area contributed by atoms with Crippen molar-refractivity contribution in [3.63, 3.8) is 0 Å². The second-order valence-corrected chi connectivity index (χ2v) is 9.22. The van der Waals surface area contributed by atoms with Crippen LogP contribution in [-0.4, -0.2) is 31.1 Å². The van der Waals surface area contributed by atoms with Gasteiger partial charge >= 0.3 is 0 Å². The number of sulfonamides is 1. The first kappa shape index (κ1) is 16.7. The van der Waals surface area contributed by atoms with E-state index in [1.165, 1.54) is 0 Å². The third-order valence-electron chi connectivity index (χ3n) is 5.36. The molecule has 1 saturated carbocycles.